The second-order valence-electron chi connectivity index (χ2n) is 7.44. The van der Waals surface area contributed by atoms with Crippen molar-refractivity contribution in [2.24, 2.45) is 0 Å². The lowest BCUT2D eigenvalue weighted by Crippen LogP contribution is -2.05. The van der Waals surface area contributed by atoms with Crippen molar-refractivity contribution in [1.82, 2.24) is 33.7 Å². The number of anilines is 2. The highest BCUT2D eigenvalue weighted by atomic mass is 32.2. The molecule has 0 spiro atoms. The van der Waals surface area contributed by atoms with Gasteiger partial charge in [0, 0.05) is 29.8 Å². The van der Waals surface area contributed by atoms with Gasteiger partial charge in [-0.1, -0.05) is 0 Å². The summed E-state index contributed by atoms with van der Waals surface area (Å²) in [5, 5.41) is 8.28. The molecule has 1 N–H and O–H groups in total. The molecule has 4 aromatic heterocycles. The normalized spacial score (nSPS) is 13.8. The molecule has 0 unspecified atom stereocenters. The summed E-state index contributed by atoms with van der Waals surface area (Å²) >= 11 is 1.73. The fourth-order valence-electron chi connectivity index (χ4n) is 3.21. The van der Waals surface area contributed by atoms with Crippen LogP contribution in [-0.2, 0) is 0 Å². The number of aldehydes is 1. The molecule has 1 fully saturated rings. The van der Waals surface area contributed by atoms with E-state index in [4.69, 9.17) is 0 Å². The van der Waals surface area contributed by atoms with Gasteiger partial charge in [-0.15, -0.1) is 0 Å². The number of carbonyl (C=O) groups excluding carboxylic acids is 1. The highest BCUT2D eigenvalue weighted by molar-refractivity contribution is 7.98. The molecule has 0 aliphatic heterocycles. The molecule has 9 nitrogen and oxygen atoms in total. The minimum absolute atomic E-state index is 0.0983. The summed E-state index contributed by atoms with van der Waals surface area (Å²) < 4.78 is 3.77. The van der Waals surface area contributed by atoms with Crippen molar-refractivity contribution in [3.8, 4) is 11.4 Å². The summed E-state index contributed by atoms with van der Waals surface area (Å²) in [4.78, 5) is 29.1. The molecule has 1 aliphatic rings. The van der Waals surface area contributed by atoms with E-state index < -0.39 is 0 Å². The number of pyridine rings is 1. The van der Waals surface area contributed by atoms with Crippen LogP contribution < -0.4 is 5.32 Å². The molecular formula is C20H20N8OS. The van der Waals surface area contributed by atoms with Crippen LogP contribution in [0.5, 0.6) is 0 Å². The lowest BCUT2D eigenvalue weighted by molar-refractivity contribution is 0.111. The van der Waals surface area contributed by atoms with E-state index in [1.165, 1.54) is 12.8 Å². The van der Waals surface area contributed by atoms with E-state index in [1.54, 1.807) is 36.6 Å². The molecule has 0 atom stereocenters. The van der Waals surface area contributed by atoms with Crippen LogP contribution in [0, 0.1) is 0 Å². The SMILES string of the molecule is CC(C)n1c(C=O)nc2cnc(Nc3ccnc(-c4cnn(SC5CC5)c4)n3)cc21. The lowest BCUT2D eigenvalue weighted by Gasteiger charge is -2.11. The predicted molar refractivity (Wildman–Crippen MR) is 116 cm³/mol. The summed E-state index contributed by atoms with van der Waals surface area (Å²) in [5.41, 5.74) is 2.39. The Morgan fingerprint density at radius 1 is 1.20 bits per heavy atom. The molecule has 0 saturated heterocycles. The molecule has 1 aliphatic carbocycles. The van der Waals surface area contributed by atoms with Crippen molar-refractivity contribution in [2.45, 2.75) is 38.0 Å². The predicted octanol–water partition coefficient (Wildman–Crippen LogP) is 3.88. The molecule has 152 valence electrons. The number of hydrogen-bond acceptors (Lipinski definition) is 8. The average Bonchev–Trinajstić information content (AvgIpc) is 3.29. The first-order valence-corrected chi connectivity index (χ1v) is 10.6. The number of fused-ring (bicyclic) bond motifs is 1. The molecule has 1 saturated carbocycles. The van der Waals surface area contributed by atoms with E-state index in [0.29, 0.717) is 34.1 Å². The molecule has 30 heavy (non-hydrogen) atoms. The number of nitrogens with one attached hydrogen (secondary N) is 1. The maximum Gasteiger partial charge on any atom is 0.185 e. The molecule has 0 radical (unpaired) electrons. The minimum Gasteiger partial charge on any atom is -0.325 e. The maximum atomic E-state index is 11.4. The van der Waals surface area contributed by atoms with Crippen molar-refractivity contribution in [3.63, 3.8) is 0 Å². The molecule has 4 heterocycles. The van der Waals surface area contributed by atoms with E-state index in [9.17, 15) is 4.79 Å². The fourth-order valence-corrected chi connectivity index (χ4v) is 4.14. The third kappa shape index (κ3) is 3.65. The molecule has 10 heteroatoms. The third-order valence-electron chi connectivity index (χ3n) is 4.74. The van der Waals surface area contributed by atoms with E-state index in [2.05, 4.69) is 30.4 Å². The monoisotopic (exact) mass is 420 g/mol. The summed E-state index contributed by atoms with van der Waals surface area (Å²) in [7, 11) is 0. The first-order valence-electron chi connectivity index (χ1n) is 9.76. The van der Waals surface area contributed by atoms with Gasteiger partial charge < -0.3 is 9.88 Å². The van der Waals surface area contributed by atoms with Gasteiger partial charge in [0.2, 0.25) is 0 Å². The topological polar surface area (TPSA) is 103 Å². The van der Waals surface area contributed by atoms with Gasteiger partial charge in [0.15, 0.2) is 17.9 Å². The van der Waals surface area contributed by atoms with Gasteiger partial charge in [0.1, 0.15) is 17.2 Å². The first kappa shape index (κ1) is 18.7. The van der Waals surface area contributed by atoms with Crippen LogP contribution in [0.2, 0.25) is 0 Å². The Bertz CT molecular complexity index is 1230. The van der Waals surface area contributed by atoms with Crippen molar-refractivity contribution < 1.29 is 4.79 Å². The van der Waals surface area contributed by atoms with Gasteiger partial charge in [0.05, 0.1) is 23.5 Å². The fraction of sp³-hybridized carbons (Fsp3) is 0.300. The van der Waals surface area contributed by atoms with E-state index >= 15 is 0 Å². The summed E-state index contributed by atoms with van der Waals surface area (Å²) in [5.74, 6) is 2.23. The molecule has 0 amide bonds. The number of rotatable bonds is 7. The summed E-state index contributed by atoms with van der Waals surface area (Å²) in [6, 6.07) is 3.76. The van der Waals surface area contributed by atoms with E-state index in [1.807, 2.05) is 34.8 Å². The zero-order valence-corrected chi connectivity index (χ0v) is 17.4. The molecule has 0 aromatic carbocycles. The van der Waals surface area contributed by atoms with Gasteiger partial charge in [0.25, 0.3) is 0 Å². The largest absolute Gasteiger partial charge is 0.325 e. The van der Waals surface area contributed by atoms with Crippen molar-refractivity contribution in [2.75, 3.05) is 5.32 Å². The molecular weight excluding hydrogens is 400 g/mol. The summed E-state index contributed by atoms with van der Waals surface area (Å²) in [6.07, 6.45) is 10.4. The minimum atomic E-state index is 0.0983. The van der Waals surface area contributed by atoms with Crippen LogP contribution in [0.25, 0.3) is 22.4 Å². The molecule has 4 aromatic rings. The van der Waals surface area contributed by atoms with Crippen LogP contribution in [0.1, 0.15) is 43.3 Å². The van der Waals surface area contributed by atoms with Crippen LogP contribution in [0.4, 0.5) is 11.6 Å². The van der Waals surface area contributed by atoms with Gasteiger partial charge in [-0.2, -0.15) is 5.10 Å². The Labute approximate surface area is 177 Å². The Hall–Kier alpha value is -3.27. The highest BCUT2D eigenvalue weighted by Crippen LogP contribution is 2.35. The Morgan fingerprint density at radius 3 is 2.83 bits per heavy atom. The number of imidazole rings is 1. The zero-order valence-electron chi connectivity index (χ0n) is 16.6. The van der Waals surface area contributed by atoms with Crippen LogP contribution >= 0.6 is 11.9 Å². The zero-order chi connectivity index (χ0) is 20.7. The van der Waals surface area contributed by atoms with Crippen LogP contribution in [0.3, 0.4) is 0 Å². The summed E-state index contributed by atoms with van der Waals surface area (Å²) in [6.45, 7) is 4.03. The van der Waals surface area contributed by atoms with Gasteiger partial charge >= 0.3 is 0 Å². The maximum absolute atomic E-state index is 11.4. The quantitative estimate of drug-likeness (QED) is 0.449. The number of hydrogen-bond donors (Lipinski definition) is 1. The van der Waals surface area contributed by atoms with Gasteiger partial charge in [-0.3, -0.25) is 4.79 Å². The standard InChI is InChI=1S/C20H20N8OS/c1-12(2)28-16-7-18(22-9-15(16)24-19(28)11-29)25-17-5-6-21-20(26-17)13-8-23-27(10-13)30-14-3-4-14/h5-12,14H,3-4H2,1-2H3,(H,21,22,25,26). The Morgan fingerprint density at radius 2 is 2.07 bits per heavy atom. The van der Waals surface area contributed by atoms with Gasteiger partial charge in [-0.05, 0) is 44.7 Å². The lowest BCUT2D eigenvalue weighted by atomic mass is 10.3. The second kappa shape index (κ2) is 7.52. The molecule has 5 rings (SSSR count). The highest BCUT2D eigenvalue weighted by Gasteiger charge is 2.23. The van der Waals surface area contributed by atoms with Gasteiger partial charge in [-0.25, -0.2) is 24.0 Å². The van der Waals surface area contributed by atoms with Crippen molar-refractivity contribution >= 4 is 40.9 Å². The van der Waals surface area contributed by atoms with E-state index in [-0.39, 0.29) is 6.04 Å². The molecule has 0 bridgehead atoms. The second-order valence-corrected chi connectivity index (χ2v) is 8.69. The van der Waals surface area contributed by atoms with E-state index in [0.717, 1.165) is 17.4 Å². The number of carbonyl (C=O) groups is 1. The number of nitrogens with zero attached hydrogens (tertiary/aromatic N) is 7. The Kier molecular flexibility index (Phi) is 4.70. The van der Waals surface area contributed by atoms with Crippen molar-refractivity contribution in [1.29, 1.82) is 0 Å². The van der Waals surface area contributed by atoms with Crippen LogP contribution in [0.15, 0.2) is 36.9 Å². The first-order chi connectivity index (χ1) is 14.6. The van der Waals surface area contributed by atoms with Crippen molar-refractivity contribution in [3.05, 3.63) is 42.7 Å². The number of aromatic nitrogens is 7. The van der Waals surface area contributed by atoms with Crippen LogP contribution in [-0.4, -0.2) is 45.2 Å². The average molecular weight is 421 g/mol. The Balaban J connectivity index is 1.42. The smallest absolute Gasteiger partial charge is 0.185 e. The third-order valence-corrected chi connectivity index (χ3v) is 5.92.